The third-order valence-corrected chi connectivity index (χ3v) is 6.49. The summed E-state index contributed by atoms with van der Waals surface area (Å²) in [6.07, 6.45) is 13.3. The number of unbranched alkanes of at least 4 members (excludes halogenated alkanes) is 7. The van der Waals surface area contributed by atoms with Crippen LogP contribution in [0.3, 0.4) is 0 Å². The van der Waals surface area contributed by atoms with Gasteiger partial charge in [0.05, 0.1) is 12.4 Å². The van der Waals surface area contributed by atoms with Crippen LogP contribution in [0, 0.1) is 0 Å². The average Bonchev–Trinajstić information content (AvgIpc) is 2.66. The third-order valence-electron chi connectivity index (χ3n) is 5.69. The van der Waals surface area contributed by atoms with E-state index in [-0.39, 0.29) is 11.4 Å². The van der Waals surface area contributed by atoms with Crippen molar-refractivity contribution < 1.29 is 22.4 Å². The van der Waals surface area contributed by atoms with Crippen molar-refractivity contribution in [3.05, 3.63) is 23.8 Å². The van der Waals surface area contributed by atoms with Crippen LogP contribution in [0.25, 0.3) is 0 Å². The molecule has 0 amide bonds. The second-order valence-corrected chi connectivity index (χ2v) is 10.1. The molecule has 1 unspecified atom stereocenters. The Labute approximate surface area is 176 Å². The van der Waals surface area contributed by atoms with Gasteiger partial charge >= 0.3 is 0 Å². The lowest BCUT2D eigenvalue weighted by Gasteiger charge is -2.36. The lowest BCUT2D eigenvalue weighted by atomic mass is 9.88. The first-order chi connectivity index (χ1) is 13.8. The summed E-state index contributed by atoms with van der Waals surface area (Å²) >= 11 is 0. The maximum Gasteiger partial charge on any atom is 0.264 e. The number of benzene rings is 1. The van der Waals surface area contributed by atoms with Gasteiger partial charge < -0.3 is 9.47 Å². The molecule has 1 N–H and O–H groups in total. The Morgan fingerprint density at radius 2 is 1.79 bits per heavy atom. The van der Waals surface area contributed by atoms with E-state index in [1.54, 1.807) is 0 Å². The zero-order valence-electron chi connectivity index (χ0n) is 18.1. The topological polar surface area (TPSA) is 72.8 Å². The van der Waals surface area contributed by atoms with Crippen molar-refractivity contribution >= 4 is 10.1 Å². The van der Waals surface area contributed by atoms with Crippen LogP contribution in [0.2, 0.25) is 0 Å². The Balaban J connectivity index is 1.72. The lowest BCUT2D eigenvalue weighted by Crippen LogP contribution is -2.36. The number of rotatable bonds is 14. The summed E-state index contributed by atoms with van der Waals surface area (Å²) in [5.41, 5.74) is 1.10. The van der Waals surface area contributed by atoms with E-state index in [1.807, 2.05) is 18.2 Å². The molecule has 0 bridgehead atoms. The fourth-order valence-corrected chi connectivity index (χ4v) is 4.43. The average molecular weight is 427 g/mol. The van der Waals surface area contributed by atoms with Gasteiger partial charge in [0, 0.05) is 0 Å². The molecule has 2 rings (SSSR count). The van der Waals surface area contributed by atoms with Gasteiger partial charge in [-0.05, 0) is 69.2 Å². The number of ether oxygens (including phenoxy) is 2. The molecule has 0 radical (unpaired) electrons. The Hall–Kier alpha value is -1.27. The summed E-state index contributed by atoms with van der Waals surface area (Å²) in [4.78, 5) is 0. The molecule has 1 aromatic carbocycles. The highest BCUT2D eigenvalue weighted by molar-refractivity contribution is 7.85. The SMILES string of the molecule is CCCCCCCCCC1(C)CCc2cc(OCCCCS(=O)(=O)O)ccc2O1. The molecule has 0 saturated heterocycles. The fourth-order valence-electron chi connectivity index (χ4n) is 3.86. The van der Waals surface area contributed by atoms with Crippen molar-refractivity contribution in [1.82, 2.24) is 0 Å². The first kappa shape index (κ1) is 24.0. The van der Waals surface area contributed by atoms with Gasteiger partial charge in [0.1, 0.15) is 17.1 Å². The minimum absolute atomic E-state index is 0.0748. The van der Waals surface area contributed by atoms with Crippen molar-refractivity contribution in [1.29, 1.82) is 0 Å². The van der Waals surface area contributed by atoms with E-state index in [9.17, 15) is 8.42 Å². The maximum atomic E-state index is 10.7. The van der Waals surface area contributed by atoms with Crippen LogP contribution in [0.4, 0.5) is 0 Å². The van der Waals surface area contributed by atoms with E-state index < -0.39 is 10.1 Å². The van der Waals surface area contributed by atoms with E-state index in [0.29, 0.717) is 19.4 Å². The first-order valence-corrected chi connectivity index (χ1v) is 12.8. The fraction of sp³-hybridized carbons (Fsp3) is 0.739. The van der Waals surface area contributed by atoms with Crippen LogP contribution in [0.1, 0.15) is 90.0 Å². The van der Waals surface area contributed by atoms with E-state index in [2.05, 4.69) is 13.8 Å². The standard InChI is InChI=1S/C23H38O5S/c1-3-4-5-6-7-8-9-15-23(2)16-14-20-19-21(12-13-22(20)28-23)27-17-10-11-18-29(24,25)26/h12-13,19H,3-11,14-18H2,1-2H3,(H,24,25,26). The normalized spacial score (nSPS) is 18.9. The smallest absolute Gasteiger partial charge is 0.264 e. The molecule has 1 atom stereocenters. The summed E-state index contributed by atoms with van der Waals surface area (Å²) in [6, 6.07) is 5.94. The van der Waals surface area contributed by atoms with Gasteiger partial charge in [-0.3, -0.25) is 4.55 Å². The summed E-state index contributed by atoms with van der Waals surface area (Å²) in [5.74, 6) is 1.53. The van der Waals surface area contributed by atoms with Crippen molar-refractivity contribution in [2.75, 3.05) is 12.4 Å². The second kappa shape index (κ2) is 11.8. The van der Waals surface area contributed by atoms with Crippen LogP contribution in [0.5, 0.6) is 11.5 Å². The molecule has 0 spiro atoms. The third kappa shape index (κ3) is 9.39. The second-order valence-electron chi connectivity index (χ2n) is 8.53. The van der Waals surface area contributed by atoms with Crippen molar-refractivity contribution in [2.45, 2.75) is 96.5 Å². The lowest BCUT2D eigenvalue weighted by molar-refractivity contribution is 0.0533. The minimum atomic E-state index is -3.88. The molecule has 1 aliphatic rings. The molecule has 1 heterocycles. The van der Waals surface area contributed by atoms with Gasteiger partial charge in [0.25, 0.3) is 10.1 Å². The van der Waals surface area contributed by atoms with E-state index >= 15 is 0 Å². The molecule has 166 valence electrons. The molecular formula is C23H38O5S. The molecule has 0 aliphatic carbocycles. The number of hydrogen-bond acceptors (Lipinski definition) is 4. The molecule has 6 heteroatoms. The highest BCUT2D eigenvalue weighted by Gasteiger charge is 2.31. The van der Waals surface area contributed by atoms with Crippen LogP contribution >= 0.6 is 0 Å². The Morgan fingerprint density at radius 1 is 1.07 bits per heavy atom. The number of aryl methyl sites for hydroxylation is 1. The highest BCUT2D eigenvalue weighted by atomic mass is 32.2. The zero-order chi connectivity index (χ0) is 21.2. The van der Waals surface area contributed by atoms with Gasteiger partial charge in [-0.1, -0.05) is 45.4 Å². The predicted molar refractivity (Wildman–Crippen MR) is 118 cm³/mol. The minimum Gasteiger partial charge on any atom is -0.494 e. The predicted octanol–water partition coefficient (Wildman–Crippen LogP) is 5.96. The van der Waals surface area contributed by atoms with Gasteiger partial charge in [-0.25, -0.2) is 0 Å². The number of fused-ring (bicyclic) bond motifs is 1. The van der Waals surface area contributed by atoms with Crippen molar-refractivity contribution in [2.24, 2.45) is 0 Å². The molecule has 1 aliphatic heterocycles. The maximum absolute atomic E-state index is 10.7. The molecule has 5 nitrogen and oxygen atoms in total. The number of hydrogen-bond donors (Lipinski definition) is 1. The Kier molecular flexibility index (Phi) is 9.76. The Bertz CT molecular complexity index is 716. The van der Waals surface area contributed by atoms with Gasteiger partial charge in [-0.15, -0.1) is 0 Å². The quantitative estimate of drug-likeness (QED) is 0.294. The van der Waals surface area contributed by atoms with E-state index in [4.69, 9.17) is 14.0 Å². The summed E-state index contributed by atoms with van der Waals surface area (Å²) in [6.45, 7) is 4.92. The summed E-state index contributed by atoms with van der Waals surface area (Å²) in [5, 5.41) is 0. The van der Waals surface area contributed by atoms with Crippen LogP contribution in [-0.4, -0.2) is 30.9 Å². The zero-order valence-corrected chi connectivity index (χ0v) is 18.9. The largest absolute Gasteiger partial charge is 0.494 e. The van der Waals surface area contributed by atoms with Gasteiger partial charge in [0.2, 0.25) is 0 Å². The molecular weight excluding hydrogens is 388 g/mol. The van der Waals surface area contributed by atoms with Gasteiger partial charge in [-0.2, -0.15) is 8.42 Å². The molecule has 0 fully saturated rings. The monoisotopic (exact) mass is 426 g/mol. The summed E-state index contributed by atoms with van der Waals surface area (Å²) < 4.78 is 42.2. The summed E-state index contributed by atoms with van der Waals surface area (Å²) in [7, 11) is -3.88. The van der Waals surface area contributed by atoms with E-state index in [1.165, 1.54) is 50.5 Å². The molecule has 1 aromatic rings. The Morgan fingerprint density at radius 3 is 2.52 bits per heavy atom. The van der Waals surface area contributed by atoms with Gasteiger partial charge in [0.15, 0.2) is 0 Å². The molecule has 0 aromatic heterocycles. The molecule has 0 saturated carbocycles. The van der Waals surface area contributed by atoms with Crippen LogP contribution < -0.4 is 9.47 Å². The van der Waals surface area contributed by atoms with Crippen LogP contribution in [-0.2, 0) is 16.5 Å². The van der Waals surface area contributed by atoms with Crippen molar-refractivity contribution in [3.8, 4) is 11.5 Å². The van der Waals surface area contributed by atoms with Crippen molar-refractivity contribution in [3.63, 3.8) is 0 Å². The first-order valence-electron chi connectivity index (χ1n) is 11.2. The molecule has 29 heavy (non-hydrogen) atoms. The van der Waals surface area contributed by atoms with Crippen LogP contribution in [0.15, 0.2) is 18.2 Å². The van der Waals surface area contributed by atoms with E-state index in [0.717, 1.165) is 30.8 Å². The highest BCUT2D eigenvalue weighted by Crippen LogP contribution is 2.37.